The third kappa shape index (κ3) is 5.06. The Labute approximate surface area is 192 Å². The Bertz CT molecular complexity index is 1170. The number of hydrogen-bond acceptors (Lipinski definition) is 6. The molecule has 1 fully saturated rings. The molecule has 33 heavy (non-hydrogen) atoms. The summed E-state index contributed by atoms with van der Waals surface area (Å²) in [5.41, 5.74) is 0.906. The number of rotatable bonds is 4. The molecular weight excluding hydrogens is 423 g/mol. The minimum atomic E-state index is -1.03. The molecule has 1 atom stereocenters. The Balaban J connectivity index is 1.61. The van der Waals surface area contributed by atoms with Gasteiger partial charge in [-0.05, 0) is 42.2 Å². The molecule has 0 bridgehead atoms. The number of aromatic hydroxyl groups is 1. The molecule has 0 unspecified atom stereocenters. The summed E-state index contributed by atoms with van der Waals surface area (Å²) in [7, 11) is 0. The molecule has 7 nitrogen and oxygen atoms in total. The van der Waals surface area contributed by atoms with E-state index in [1.54, 1.807) is 35.2 Å². The lowest BCUT2D eigenvalue weighted by molar-refractivity contribution is -0.142. The quantitative estimate of drug-likeness (QED) is 0.629. The van der Waals surface area contributed by atoms with E-state index in [-0.39, 0.29) is 22.9 Å². The van der Waals surface area contributed by atoms with Crippen molar-refractivity contribution in [2.75, 3.05) is 31.1 Å². The van der Waals surface area contributed by atoms with Crippen molar-refractivity contribution >= 4 is 22.6 Å². The maximum absolute atomic E-state index is 14.1. The number of fused-ring (bicyclic) bond motifs is 1. The summed E-state index contributed by atoms with van der Waals surface area (Å²) in [6.45, 7) is 7.78. The van der Waals surface area contributed by atoms with Crippen molar-refractivity contribution in [1.29, 1.82) is 0 Å². The van der Waals surface area contributed by atoms with E-state index in [4.69, 9.17) is 0 Å². The van der Waals surface area contributed by atoms with Gasteiger partial charge in [-0.25, -0.2) is 14.4 Å². The number of hydrogen-bond donors (Lipinski definition) is 2. The highest BCUT2D eigenvalue weighted by molar-refractivity contribution is 5.91. The van der Waals surface area contributed by atoms with Crippen LogP contribution in [-0.2, 0) is 4.79 Å². The van der Waals surface area contributed by atoms with Crippen molar-refractivity contribution in [3.8, 4) is 17.1 Å². The highest BCUT2D eigenvalue weighted by Crippen LogP contribution is 2.32. The second-order valence-corrected chi connectivity index (χ2v) is 9.64. The van der Waals surface area contributed by atoms with Crippen molar-refractivity contribution in [3.63, 3.8) is 0 Å². The van der Waals surface area contributed by atoms with E-state index < -0.39 is 6.10 Å². The Morgan fingerprint density at radius 3 is 2.45 bits per heavy atom. The molecule has 0 radical (unpaired) electrons. The number of anilines is 1. The van der Waals surface area contributed by atoms with Crippen LogP contribution in [0, 0.1) is 11.2 Å². The lowest BCUT2D eigenvalue weighted by atomic mass is 9.89. The van der Waals surface area contributed by atoms with E-state index in [1.807, 2.05) is 25.7 Å². The second kappa shape index (κ2) is 8.94. The summed E-state index contributed by atoms with van der Waals surface area (Å²) in [4.78, 5) is 25.6. The number of phenols is 1. The van der Waals surface area contributed by atoms with E-state index in [2.05, 4.69) is 9.97 Å². The number of phenolic OH excluding ortho intramolecular Hbond substituents is 1. The monoisotopic (exact) mass is 452 g/mol. The van der Waals surface area contributed by atoms with Crippen molar-refractivity contribution in [2.24, 2.45) is 5.41 Å². The molecule has 1 saturated heterocycles. The van der Waals surface area contributed by atoms with Gasteiger partial charge in [-0.1, -0.05) is 32.9 Å². The van der Waals surface area contributed by atoms with Gasteiger partial charge in [0.25, 0.3) is 5.91 Å². The molecule has 1 aliphatic heterocycles. The molecule has 3 aromatic rings. The van der Waals surface area contributed by atoms with E-state index in [9.17, 15) is 19.4 Å². The first-order valence-corrected chi connectivity index (χ1v) is 11.1. The maximum Gasteiger partial charge on any atom is 0.251 e. The van der Waals surface area contributed by atoms with Gasteiger partial charge in [0.1, 0.15) is 23.5 Å². The lowest BCUT2D eigenvalue weighted by Crippen LogP contribution is -2.52. The van der Waals surface area contributed by atoms with Crippen LogP contribution in [0.3, 0.4) is 0 Å². The van der Waals surface area contributed by atoms with Gasteiger partial charge in [-0.2, -0.15) is 0 Å². The zero-order valence-corrected chi connectivity index (χ0v) is 19.1. The number of halogens is 1. The van der Waals surface area contributed by atoms with Crippen LogP contribution in [0.4, 0.5) is 10.2 Å². The first-order chi connectivity index (χ1) is 15.6. The number of aromatic nitrogens is 2. The Hall–Kier alpha value is -3.26. The van der Waals surface area contributed by atoms with Crippen molar-refractivity contribution in [3.05, 3.63) is 48.3 Å². The molecule has 2 N–H and O–H groups in total. The van der Waals surface area contributed by atoms with Crippen LogP contribution >= 0.6 is 0 Å². The second-order valence-electron chi connectivity index (χ2n) is 9.64. The van der Waals surface area contributed by atoms with Gasteiger partial charge in [-0.15, -0.1) is 0 Å². The van der Waals surface area contributed by atoms with E-state index >= 15 is 0 Å². The number of carbonyl (C=O) groups excluding carboxylic acids is 1. The molecule has 2 aromatic carbocycles. The number of carbonyl (C=O) groups is 1. The Morgan fingerprint density at radius 2 is 1.79 bits per heavy atom. The largest absolute Gasteiger partial charge is 0.507 e. The van der Waals surface area contributed by atoms with Crippen LogP contribution in [0.15, 0.2) is 42.5 Å². The smallest absolute Gasteiger partial charge is 0.251 e. The molecule has 4 rings (SSSR count). The standard InChI is InChI=1S/C25H29FN4O3/c1-25(2,3)15-21(32)24(33)30-12-10-29(11-13-30)23-18-14-16(26)8-9-19(18)27-22(28-23)17-6-4-5-7-20(17)31/h4-9,14,21,31-32H,10-13,15H2,1-3H3/t21-/m1/s1. The van der Waals surface area contributed by atoms with E-state index in [1.165, 1.54) is 12.1 Å². The average molecular weight is 453 g/mol. The number of amides is 1. The molecular formula is C25H29FN4O3. The molecule has 1 aliphatic rings. The first kappa shape index (κ1) is 22.9. The van der Waals surface area contributed by atoms with Gasteiger partial charge < -0.3 is 20.0 Å². The van der Waals surface area contributed by atoms with Crippen LogP contribution in [0.5, 0.6) is 5.75 Å². The molecule has 1 amide bonds. The summed E-state index contributed by atoms with van der Waals surface area (Å²) < 4.78 is 14.1. The van der Waals surface area contributed by atoms with Gasteiger partial charge >= 0.3 is 0 Å². The number of aliphatic hydroxyl groups excluding tert-OH is 1. The van der Waals surface area contributed by atoms with Crippen molar-refractivity contribution in [2.45, 2.75) is 33.3 Å². The number of nitrogens with zero attached hydrogens (tertiary/aromatic N) is 4. The number of piperazine rings is 1. The zero-order chi connectivity index (χ0) is 23.8. The predicted octanol–water partition coefficient (Wildman–Crippen LogP) is 3.59. The molecule has 1 aromatic heterocycles. The van der Waals surface area contributed by atoms with E-state index in [0.717, 1.165) is 0 Å². The maximum atomic E-state index is 14.1. The average Bonchev–Trinajstić information content (AvgIpc) is 2.77. The van der Waals surface area contributed by atoms with Crippen LogP contribution < -0.4 is 4.90 Å². The summed E-state index contributed by atoms with van der Waals surface area (Å²) in [5.74, 6) is 0.314. The first-order valence-electron chi connectivity index (χ1n) is 11.1. The van der Waals surface area contributed by atoms with Gasteiger partial charge in [0.05, 0.1) is 11.1 Å². The zero-order valence-electron chi connectivity index (χ0n) is 19.1. The fourth-order valence-corrected chi connectivity index (χ4v) is 4.13. The van der Waals surface area contributed by atoms with Crippen LogP contribution in [0.25, 0.3) is 22.3 Å². The highest BCUT2D eigenvalue weighted by Gasteiger charge is 2.30. The highest BCUT2D eigenvalue weighted by atomic mass is 19.1. The molecule has 174 valence electrons. The van der Waals surface area contributed by atoms with Crippen LogP contribution in [-0.4, -0.2) is 63.3 Å². The molecule has 0 saturated carbocycles. The molecule has 8 heteroatoms. The van der Waals surface area contributed by atoms with Crippen molar-refractivity contribution < 1.29 is 19.4 Å². The number of benzene rings is 2. The topological polar surface area (TPSA) is 89.8 Å². The fraction of sp³-hybridized carbons (Fsp3) is 0.400. The molecule has 2 heterocycles. The minimum absolute atomic E-state index is 0.0631. The summed E-state index contributed by atoms with van der Waals surface area (Å²) in [6, 6.07) is 11.2. The normalized spacial score (nSPS) is 15.7. The van der Waals surface area contributed by atoms with E-state index in [0.29, 0.717) is 60.7 Å². The fourth-order valence-electron chi connectivity index (χ4n) is 4.13. The van der Waals surface area contributed by atoms with Crippen LogP contribution in [0.1, 0.15) is 27.2 Å². The predicted molar refractivity (Wildman–Crippen MR) is 125 cm³/mol. The van der Waals surface area contributed by atoms with Crippen molar-refractivity contribution in [1.82, 2.24) is 14.9 Å². The third-order valence-electron chi connectivity index (χ3n) is 5.76. The van der Waals surface area contributed by atoms with Crippen LogP contribution in [0.2, 0.25) is 0 Å². The van der Waals surface area contributed by atoms with Gasteiger partial charge in [0.2, 0.25) is 0 Å². The molecule has 0 spiro atoms. The number of aliphatic hydroxyl groups is 1. The Morgan fingerprint density at radius 1 is 1.09 bits per heavy atom. The molecule has 0 aliphatic carbocycles. The summed E-state index contributed by atoms with van der Waals surface area (Å²) in [5, 5.41) is 21.2. The Kier molecular flexibility index (Phi) is 6.21. The lowest BCUT2D eigenvalue weighted by Gasteiger charge is -2.37. The van der Waals surface area contributed by atoms with Gasteiger partial charge in [0, 0.05) is 31.6 Å². The van der Waals surface area contributed by atoms with Gasteiger partial charge in [0.15, 0.2) is 5.82 Å². The number of para-hydroxylation sites is 1. The van der Waals surface area contributed by atoms with Gasteiger partial charge in [-0.3, -0.25) is 4.79 Å². The third-order valence-corrected chi connectivity index (χ3v) is 5.76. The summed E-state index contributed by atoms with van der Waals surface area (Å²) in [6.07, 6.45) is -0.635. The SMILES string of the molecule is CC(C)(C)C[C@@H](O)C(=O)N1CCN(c2nc(-c3ccccc3O)nc3ccc(F)cc23)CC1. The minimum Gasteiger partial charge on any atom is -0.507 e. The summed E-state index contributed by atoms with van der Waals surface area (Å²) >= 11 is 0.